The molecule has 86 valence electrons. The maximum atomic E-state index is 12.6. The highest BCUT2D eigenvalue weighted by Gasteiger charge is 2.33. The van der Waals surface area contributed by atoms with Gasteiger partial charge in [0.25, 0.3) is 0 Å². The number of hydrogen-bond donors (Lipinski definition) is 0. The summed E-state index contributed by atoms with van der Waals surface area (Å²) in [6, 6.07) is 5.57. The lowest BCUT2D eigenvalue weighted by Crippen LogP contribution is -2.16. The molecule has 2 bridgehead atoms. The van der Waals surface area contributed by atoms with Crippen LogP contribution in [0.15, 0.2) is 59.7 Å². The average Bonchev–Trinajstić information content (AvgIpc) is 2.29. The van der Waals surface area contributed by atoms with E-state index in [1.807, 2.05) is 24.3 Å². The SMILES string of the molecule is FC(F)(F)c1cccc(C2c3cccc2c3)c1. The summed E-state index contributed by atoms with van der Waals surface area (Å²) in [5.41, 5.74) is 2.31. The minimum absolute atomic E-state index is 0.0299. The lowest BCUT2D eigenvalue weighted by atomic mass is 9.72. The highest BCUT2D eigenvalue weighted by molar-refractivity contribution is 5.62. The summed E-state index contributed by atoms with van der Waals surface area (Å²) in [5.74, 6) is 0.0299. The van der Waals surface area contributed by atoms with E-state index in [4.69, 9.17) is 0 Å². The summed E-state index contributed by atoms with van der Waals surface area (Å²) in [7, 11) is 0. The summed E-state index contributed by atoms with van der Waals surface area (Å²) in [6.45, 7) is 0. The van der Waals surface area contributed by atoms with E-state index in [0.717, 1.165) is 17.2 Å². The van der Waals surface area contributed by atoms with Crippen LogP contribution in [0.1, 0.15) is 17.0 Å². The van der Waals surface area contributed by atoms with Crippen LogP contribution in [0.3, 0.4) is 0 Å². The van der Waals surface area contributed by atoms with Gasteiger partial charge >= 0.3 is 6.18 Å². The van der Waals surface area contributed by atoms with Crippen molar-refractivity contribution in [2.75, 3.05) is 0 Å². The van der Waals surface area contributed by atoms with Gasteiger partial charge in [-0.1, -0.05) is 42.5 Å². The second-order valence-electron chi connectivity index (χ2n) is 4.23. The van der Waals surface area contributed by atoms with E-state index in [2.05, 4.69) is 0 Å². The Morgan fingerprint density at radius 1 is 1.06 bits per heavy atom. The maximum absolute atomic E-state index is 12.6. The van der Waals surface area contributed by atoms with Gasteiger partial charge in [0.05, 0.1) is 5.56 Å². The second kappa shape index (κ2) is 3.36. The second-order valence-corrected chi connectivity index (χ2v) is 4.23. The van der Waals surface area contributed by atoms with Crippen molar-refractivity contribution in [1.29, 1.82) is 0 Å². The molecule has 0 radical (unpaired) electrons. The van der Waals surface area contributed by atoms with Gasteiger partial charge in [0.2, 0.25) is 0 Å². The predicted octanol–water partition coefficient (Wildman–Crippen LogP) is 4.23. The van der Waals surface area contributed by atoms with Gasteiger partial charge in [-0.15, -0.1) is 0 Å². The van der Waals surface area contributed by atoms with Gasteiger partial charge in [0, 0.05) is 5.92 Å². The van der Waals surface area contributed by atoms with Crippen molar-refractivity contribution < 1.29 is 13.2 Å². The number of alkyl halides is 3. The highest BCUT2D eigenvalue weighted by atomic mass is 19.4. The topological polar surface area (TPSA) is 0 Å². The van der Waals surface area contributed by atoms with E-state index < -0.39 is 11.7 Å². The number of benzene rings is 1. The number of halogens is 3. The van der Waals surface area contributed by atoms with E-state index >= 15 is 0 Å². The molecule has 3 heteroatoms. The first kappa shape index (κ1) is 10.4. The van der Waals surface area contributed by atoms with Gasteiger partial charge in [0.15, 0.2) is 0 Å². The molecule has 2 aliphatic rings. The van der Waals surface area contributed by atoms with E-state index in [-0.39, 0.29) is 5.92 Å². The van der Waals surface area contributed by atoms with Gasteiger partial charge in [-0.25, -0.2) is 0 Å². The molecule has 17 heavy (non-hydrogen) atoms. The normalized spacial score (nSPS) is 21.7. The van der Waals surface area contributed by atoms with Crippen molar-refractivity contribution in [1.82, 2.24) is 0 Å². The minimum atomic E-state index is -4.27. The molecule has 0 N–H and O–H groups in total. The zero-order valence-corrected chi connectivity index (χ0v) is 8.83. The van der Waals surface area contributed by atoms with Gasteiger partial charge < -0.3 is 0 Å². The Labute approximate surface area is 96.8 Å². The van der Waals surface area contributed by atoms with Crippen molar-refractivity contribution in [3.05, 3.63) is 70.8 Å². The third-order valence-electron chi connectivity index (χ3n) is 3.12. The summed E-state index contributed by atoms with van der Waals surface area (Å²) in [6.07, 6.45) is 3.54. The molecule has 0 aromatic heterocycles. The molecule has 1 unspecified atom stereocenters. The quantitative estimate of drug-likeness (QED) is 0.682. The van der Waals surface area contributed by atoms with Crippen molar-refractivity contribution >= 4 is 0 Å². The monoisotopic (exact) mass is 234 g/mol. The van der Waals surface area contributed by atoms with Crippen LogP contribution in [0.2, 0.25) is 0 Å². The van der Waals surface area contributed by atoms with E-state index in [1.54, 1.807) is 6.07 Å². The van der Waals surface area contributed by atoms with Crippen molar-refractivity contribution in [3.63, 3.8) is 0 Å². The first-order valence-electron chi connectivity index (χ1n) is 5.33. The molecular formula is C14H9F3. The van der Waals surface area contributed by atoms with Crippen LogP contribution in [0, 0.1) is 0 Å². The Morgan fingerprint density at radius 3 is 2.47 bits per heavy atom. The highest BCUT2D eigenvalue weighted by Crippen LogP contribution is 2.45. The Balaban J connectivity index is 1.99. The summed E-state index contributed by atoms with van der Waals surface area (Å²) in [4.78, 5) is 0. The molecule has 0 saturated heterocycles. The predicted molar refractivity (Wildman–Crippen MR) is 59.5 cm³/mol. The molecule has 0 nitrogen and oxygen atoms in total. The van der Waals surface area contributed by atoms with Crippen molar-refractivity contribution in [2.24, 2.45) is 0 Å². The molecular weight excluding hydrogens is 225 g/mol. The number of hydrogen-bond acceptors (Lipinski definition) is 0. The summed E-state index contributed by atoms with van der Waals surface area (Å²) >= 11 is 0. The third-order valence-corrected chi connectivity index (χ3v) is 3.12. The Hall–Kier alpha value is -1.77. The summed E-state index contributed by atoms with van der Waals surface area (Å²) in [5, 5.41) is 0. The Morgan fingerprint density at radius 2 is 1.88 bits per heavy atom. The molecule has 2 aliphatic carbocycles. The number of fused-ring (bicyclic) bond motifs is 2. The van der Waals surface area contributed by atoms with Crippen LogP contribution in [0.25, 0.3) is 0 Å². The first-order chi connectivity index (χ1) is 8.05. The van der Waals surface area contributed by atoms with Gasteiger partial charge in [-0.2, -0.15) is 13.2 Å². The third kappa shape index (κ3) is 1.62. The van der Waals surface area contributed by atoms with Crippen molar-refractivity contribution in [2.45, 2.75) is 12.1 Å². The lowest BCUT2D eigenvalue weighted by molar-refractivity contribution is -0.137. The zero-order valence-electron chi connectivity index (χ0n) is 8.83. The Kier molecular flexibility index (Phi) is 2.05. The fourth-order valence-corrected chi connectivity index (χ4v) is 2.29. The van der Waals surface area contributed by atoms with Crippen LogP contribution in [-0.2, 0) is 6.18 Å². The van der Waals surface area contributed by atoms with E-state index in [9.17, 15) is 13.2 Å². The lowest BCUT2D eigenvalue weighted by Gasteiger charge is -2.32. The molecule has 1 aromatic rings. The van der Waals surface area contributed by atoms with Crippen LogP contribution >= 0.6 is 0 Å². The van der Waals surface area contributed by atoms with Crippen LogP contribution in [-0.4, -0.2) is 0 Å². The molecule has 1 atom stereocenters. The largest absolute Gasteiger partial charge is 0.416 e. The molecule has 0 fully saturated rings. The number of rotatable bonds is 1. The Bertz CT molecular complexity index is 547. The standard InChI is InChI=1S/C14H9F3/c15-14(16,17)12-6-2-5-11(8-12)13-9-3-1-4-10(13)7-9/h1-8,13H. The molecule has 0 heterocycles. The fraction of sp³-hybridized carbons (Fsp3) is 0.143. The van der Waals surface area contributed by atoms with Crippen molar-refractivity contribution in [3.8, 4) is 0 Å². The average molecular weight is 234 g/mol. The molecule has 0 saturated carbocycles. The van der Waals surface area contributed by atoms with E-state index in [1.165, 1.54) is 12.1 Å². The maximum Gasteiger partial charge on any atom is 0.416 e. The first-order valence-corrected chi connectivity index (χ1v) is 5.33. The molecule has 1 aromatic carbocycles. The van der Waals surface area contributed by atoms with Gasteiger partial charge in [-0.3, -0.25) is 0 Å². The van der Waals surface area contributed by atoms with Crippen LogP contribution < -0.4 is 0 Å². The summed E-state index contributed by atoms with van der Waals surface area (Å²) < 4.78 is 37.8. The van der Waals surface area contributed by atoms with Gasteiger partial charge in [-0.05, 0) is 22.8 Å². The smallest absolute Gasteiger partial charge is 0.166 e. The van der Waals surface area contributed by atoms with Gasteiger partial charge in [0.1, 0.15) is 0 Å². The number of allylic oxidation sites excluding steroid dienone is 6. The molecule has 0 spiro atoms. The fourth-order valence-electron chi connectivity index (χ4n) is 2.29. The minimum Gasteiger partial charge on any atom is -0.166 e. The molecule has 3 rings (SSSR count). The van der Waals surface area contributed by atoms with Crippen LogP contribution in [0.4, 0.5) is 13.2 Å². The van der Waals surface area contributed by atoms with Crippen LogP contribution in [0.5, 0.6) is 0 Å². The molecule has 0 aliphatic heterocycles. The molecule has 0 amide bonds. The van der Waals surface area contributed by atoms with E-state index in [0.29, 0.717) is 5.56 Å². The zero-order chi connectivity index (χ0) is 12.0.